The molecule has 0 aromatic heterocycles. The van der Waals surface area contributed by atoms with Crippen molar-refractivity contribution >= 4 is 0 Å². The number of rotatable bonds is 2. The van der Waals surface area contributed by atoms with Crippen molar-refractivity contribution in [2.45, 2.75) is 46.1 Å². The molecule has 2 rings (SSSR count). The zero-order valence-corrected chi connectivity index (χ0v) is 12.0. The fraction of sp³-hybridized carbons (Fsp3) is 0.625. The third-order valence-electron chi connectivity index (χ3n) is 4.66. The van der Waals surface area contributed by atoms with Gasteiger partial charge in [-0.25, -0.2) is 0 Å². The minimum absolute atomic E-state index is 0.0834. The summed E-state index contributed by atoms with van der Waals surface area (Å²) in [5, 5.41) is 14.4. The zero-order valence-electron chi connectivity index (χ0n) is 12.0. The van der Waals surface area contributed by atoms with Crippen LogP contribution in [0.4, 0.5) is 0 Å². The van der Waals surface area contributed by atoms with Crippen molar-refractivity contribution in [1.29, 1.82) is 0 Å². The molecule has 2 N–H and O–H groups in total. The van der Waals surface area contributed by atoms with E-state index in [1.165, 1.54) is 16.7 Å². The van der Waals surface area contributed by atoms with E-state index in [9.17, 15) is 5.11 Å². The van der Waals surface area contributed by atoms with Crippen LogP contribution in [-0.4, -0.2) is 23.8 Å². The average Bonchev–Trinajstić information content (AvgIpc) is 2.28. The largest absolute Gasteiger partial charge is 0.389 e. The number of nitrogens with one attached hydrogen (secondary N) is 1. The lowest BCUT2D eigenvalue weighted by Crippen LogP contribution is -2.57. The number of aliphatic hydroxyl groups is 1. The molecular formula is C16H25NO. The maximum atomic E-state index is 11.1. The van der Waals surface area contributed by atoms with Crippen LogP contribution in [0.1, 0.15) is 37.0 Å². The molecule has 1 atom stereocenters. The summed E-state index contributed by atoms with van der Waals surface area (Å²) in [5.74, 6) is 0. The van der Waals surface area contributed by atoms with Gasteiger partial charge < -0.3 is 10.4 Å². The second-order valence-electron chi connectivity index (χ2n) is 6.39. The van der Waals surface area contributed by atoms with E-state index in [2.05, 4.69) is 51.2 Å². The summed E-state index contributed by atoms with van der Waals surface area (Å²) in [6, 6.07) is 6.37. The van der Waals surface area contributed by atoms with Gasteiger partial charge in [-0.05, 0) is 43.5 Å². The van der Waals surface area contributed by atoms with Crippen molar-refractivity contribution in [3.8, 4) is 0 Å². The quantitative estimate of drug-likeness (QED) is 0.842. The van der Waals surface area contributed by atoms with E-state index in [1.807, 2.05) is 0 Å². The van der Waals surface area contributed by atoms with E-state index in [0.717, 1.165) is 25.9 Å². The summed E-state index contributed by atoms with van der Waals surface area (Å²) >= 11 is 0. The molecule has 1 heterocycles. The number of benzene rings is 1. The summed E-state index contributed by atoms with van der Waals surface area (Å²) in [7, 11) is 0. The van der Waals surface area contributed by atoms with Crippen LogP contribution in [0.15, 0.2) is 18.2 Å². The Morgan fingerprint density at radius 3 is 2.39 bits per heavy atom. The lowest BCUT2D eigenvalue weighted by atomic mass is 9.67. The van der Waals surface area contributed by atoms with Gasteiger partial charge in [-0.1, -0.05) is 32.0 Å². The molecule has 0 bridgehead atoms. The summed E-state index contributed by atoms with van der Waals surface area (Å²) in [6.07, 6.45) is 1.59. The van der Waals surface area contributed by atoms with Gasteiger partial charge in [0.15, 0.2) is 0 Å². The number of aryl methyl sites for hydroxylation is 2. The van der Waals surface area contributed by atoms with Crippen LogP contribution in [0.2, 0.25) is 0 Å². The van der Waals surface area contributed by atoms with Gasteiger partial charge in [-0.3, -0.25) is 0 Å². The van der Waals surface area contributed by atoms with Crippen LogP contribution in [0.3, 0.4) is 0 Å². The molecule has 2 heteroatoms. The van der Waals surface area contributed by atoms with Gasteiger partial charge in [-0.2, -0.15) is 0 Å². The second-order valence-corrected chi connectivity index (χ2v) is 6.39. The topological polar surface area (TPSA) is 32.3 Å². The van der Waals surface area contributed by atoms with Crippen molar-refractivity contribution in [2.24, 2.45) is 5.41 Å². The molecule has 0 spiro atoms. The van der Waals surface area contributed by atoms with Crippen LogP contribution in [0.5, 0.6) is 0 Å². The van der Waals surface area contributed by atoms with E-state index < -0.39 is 5.60 Å². The normalized spacial score (nSPS) is 27.2. The molecule has 18 heavy (non-hydrogen) atoms. The summed E-state index contributed by atoms with van der Waals surface area (Å²) in [5.41, 5.74) is 3.21. The zero-order chi connectivity index (χ0) is 13.4. The van der Waals surface area contributed by atoms with Crippen LogP contribution >= 0.6 is 0 Å². The third kappa shape index (κ3) is 2.32. The van der Waals surface area contributed by atoms with Crippen molar-refractivity contribution in [2.75, 3.05) is 13.1 Å². The molecule has 2 nitrogen and oxygen atoms in total. The smallest absolute Gasteiger partial charge is 0.0762 e. The third-order valence-corrected chi connectivity index (χ3v) is 4.66. The van der Waals surface area contributed by atoms with Gasteiger partial charge in [-0.15, -0.1) is 0 Å². The van der Waals surface area contributed by atoms with E-state index in [-0.39, 0.29) is 5.41 Å². The lowest BCUT2D eigenvalue weighted by Gasteiger charge is -2.47. The second kappa shape index (κ2) is 4.67. The molecule has 100 valence electrons. The molecule has 1 saturated heterocycles. The Kier molecular flexibility index (Phi) is 3.52. The van der Waals surface area contributed by atoms with Crippen LogP contribution in [0, 0.1) is 19.3 Å². The number of hydrogen-bond donors (Lipinski definition) is 2. The van der Waals surface area contributed by atoms with E-state index >= 15 is 0 Å². The Hall–Kier alpha value is -0.860. The van der Waals surface area contributed by atoms with Crippen molar-refractivity contribution in [1.82, 2.24) is 5.32 Å². The van der Waals surface area contributed by atoms with Crippen LogP contribution in [-0.2, 0) is 6.42 Å². The summed E-state index contributed by atoms with van der Waals surface area (Å²) in [6.45, 7) is 10.4. The first kappa shape index (κ1) is 13.6. The highest BCUT2D eigenvalue weighted by Crippen LogP contribution is 2.39. The molecule has 0 radical (unpaired) electrons. The highest BCUT2D eigenvalue weighted by atomic mass is 16.3. The maximum Gasteiger partial charge on any atom is 0.0762 e. The highest BCUT2D eigenvalue weighted by Gasteiger charge is 2.45. The highest BCUT2D eigenvalue weighted by molar-refractivity contribution is 5.35. The summed E-state index contributed by atoms with van der Waals surface area (Å²) in [4.78, 5) is 0. The van der Waals surface area contributed by atoms with Gasteiger partial charge in [0.05, 0.1) is 5.60 Å². The SMILES string of the molecule is Cc1cccc(C)c1CC1(O)CCNCC1(C)C. The molecule has 1 aliphatic heterocycles. The fourth-order valence-corrected chi connectivity index (χ4v) is 2.95. The van der Waals surface area contributed by atoms with Gasteiger partial charge in [0.2, 0.25) is 0 Å². The molecular weight excluding hydrogens is 222 g/mol. The van der Waals surface area contributed by atoms with Gasteiger partial charge >= 0.3 is 0 Å². The Balaban J connectivity index is 2.32. The fourth-order valence-electron chi connectivity index (χ4n) is 2.95. The molecule has 1 aromatic carbocycles. The Morgan fingerprint density at radius 2 is 1.83 bits per heavy atom. The van der Waals surface area contributed by atoms with Gasteiger partial charge in [0, 0.05) is 18.4 Å². The molecule has 1 unspecified atom stereocenters. The minimum Gasteiger partial charge on any atom is -0.389 e. The predicted octanol–water partition coefficient (Wildman–Crippen LogP) is 2.60. The number of piperidine rings is 1. The van der Waals surface area contributed by atoms with E-state index in [1.54, 1.807) is 0 Å². The Morgan fingerprint density at radius 1 is 1.22 bits per heavy atom. The molecule has 1 aromatic rings. The Labute approximate surface area is 110 Å². The molecule has 1 fully saturated rings. The first-order valence-electron chi connectivity index (χ1n) is 6.84. The first-order valence-corrected chi connectivity index (χ1v) is 6.84. The van der Waals surface area contributed by atoms with E-state index in [0.29, 0.717) is 0 Å². The minimum atomic E-state index is -0.602. The average molecular weight is 247 g/mol. The predicted molar refractivity (Wildman–Crippen MR) is 75.8 cm³/mol. The van der Waals surface area contributed by atoms with Crippen LogP contribution in [0.25, 0.3) is 0 Å². The maximum absolute atomic E-state index is 11.1. The lowest BCUT2D eigenvalue weighted by molar-refractivity contribution is -0.0871. The van der Waals surface area contributed by atoms with Crippen molar-refractivity contribution in [3.05, 3.63) is 34.9 Å². The van der Waals surface area contributed by atoms with Gasteiger partial charge in [0.25, 0.3) is 0 Å². The van der Waals surface area contributed by atoms with Crippen LogP contribution < -0.4 is 5.32 Å². The van der Waals surface area contributed by atoms with E-state index in [4.69, 9.17) is 0 Å². The van der Waals surface area contributed by atoms with Crippen molar-refractivity contribution in [3.63, 3.8) is 0 Å². The molecule has 0 amide bonds. The standard InChI is InChI=1S/C16H25NO/c1-12-6-5-7-13(2)14(12)10-16(18)8-9-17-11-15(16,3)4/h5-7,17-18H,8-11H2,1-4H3. The monoisotopic (exact) mass is 247 g/mol. The molecule has 0 aliphatic carbocycles. The summed E-state index contributed by atoms with van der Waals surface area (Å²) < 4.78 is 0. The molecule has 1 aliphatic rings. The Bertz CT molecular complexity index is 418. The molecule has 0 saturated carbocycles. The van der Waals surface area contributed by atoms with Crippen molar-refractivity contribution < 1.29 is 5.11 Å². The number of hydrogen-bond acceptors (Lipinski definition) is 2. The van der Waals surface area contributed by atoms with Gasteiger partial charge in [0.1, 0.15) is 0 Å². The first-order chi connectivity index (χ1) is 8.36.